The fourth-order valence-electron chi connectivity index (χ4n) is 4.21. The van der Waals surface area contributed by atoms with Gasteiger partial charge in [0.1, 0.15) is 11.1 Å². The van der Waals surface area contributed by atoms with Crippen molar-refractivity contribution >= 4 is 39.5 Å². The van der Waals surface area contributed by atoms with Gasteiger partial charge in [-0.1, -0.05) is 70.5 Å². The highest BCUT2D eigenvalue weighted by molar-refractivity contribution is 9.10. The number of carbonyl (C=O) groups excluding carboxylic acids is 3. The Morgan fingerprint density at radius 1 is 1.00 bits per heavy atom. The van der Waals surface area contributed by atoms with Crippen molar-refractivity contribution in [3.63, 3.8) is 0 Å². The van der Waals surface area contributed by atoms with Crippen LogP contribution in [-0.2, 0) is 22.4 Å². The molecule has 3 aromatic rings. The molecule has 0 saturated heterocycles. The summed E-state index contributed by atoms with van der Waals surface area (Å²) in [7, 11) is 0. The van der Waals surface area contributed by atoms with Gasteiger partial charge < -0.3 is 10.1 Å². The number of imide groups is 1. The van der Waals surface area contributed by atoms with Gasteiger partial charge >= 0.3 is 6.09 Å². The molecule has 0 saturated carbocycles. The van der Waals surface area contributed by atoms with E-state index in [0.29, 0.717) is 11.3 Å². The topological polar surface area (TPSA) is 75.7 Å². The van der Waals surface area contributed by atoms with E-state index in [4.69, 9.17) is 4.74 Å². The average molecular weight is 535 g/mol. The van der Waals surface area contributed by atoms with E-state index in [2.05, 4.69) is 21.2 Å². The quantitative estimate of drug-likeness (QED) is 0.466. The molecule has 0 fully saturated rings. The Morgan fingerprint density at radius 2 is 1.63 bits per heavy atom. The molecular weight excluding hydrogens is 508 g/mol. The number of fused-ring (bicyclic) bond motifs is 1. The van der Waals surface area contributed by atoms with Crippen LogP contribution in [0.2, 0.25) is 0 Å². The zero-order chi connectivity index (χ0) is 25.2. The number of nitrogens with one attached hydrogen (secondary N) is 1. The highest BCUT2D eigenvalue weighted by Gasteiger charge is 2.50. The molecule has 4 rings (SSSR count). The zero-order valence-electron chi connectivity index (χ0n) is 19.9. The maximum absolute atomic E-state index is 14.2. The highest BCUT2D eigenvalue weighted by atomic mass is 79.9. The monoisotopic (exact) mass is 534 g/mol. The Hall–Kier alpha value is -3.45. The predicted molar refractivity (Wildman–Crippen MR) is 138 cm³/mol. The highest BCUT2D eigenvalue weighted by Crippen LogP contribution is 2.37. The number of nitrogens with zero attached hydrogens (tertiary/aromatic N) is 1. The van der Waals surface area contributed by atoms with E-state index in [1.54, 1.807) is 51.1 Å². The first-order valence-corrected chi connectivity index (χ1v) is 12.1. The second kappa shape index (κ2) is 9.66. The van der Waals surface area contributed by atoms with E-state index in [9.17, 15) is 14.4 Å². The summed E-state index contributed by atoms with van der Waals surface area (Å²) in [6.07, 6.45) is -0.353. The molecule has 1 atom stereocenters. The summed E-state index contributed by atoms with van der Waals surface area (Å²) in [6, 6.07) is 23.6. The fraction of sp³-hybridized carbons (Fsp3) is 0.250. The number of halogens is 1. The van der Waals surface area contributed by atoms with E-state index in [1.807, 2.05) is 48.5 Å². The summed E-state index contributed by atoms with van der Waals surface area (Å²) < 4.78 is 6.34. The third-order valence-corrected chi connectivity index (χ3v) is 6.20. The van der Waals surface area contributed by atoms with Gasteiger partial charge in [-0.05, 0) is 56.2 Å². The zero-order valence-corrected chi connectivity index (χ0v) is 21.5. The van der Waals surface area contributed by atoms with E-state index >= 15 is 0 Å². The Labute approximate surface area is 213 Å². The molecule has 1 N–H and O–H groups in total. The lowest BCUT2D eigenvalue weighted by atomic mass is 9.79. The Morgan fingerprint density at radius 3 is 2.26 bits per heavy atom. The summed E-state index contributed by atoms with van der Waals surface area (Å²) in [5, 5.41) is 3.00. The lowest BCUT2D eigenvalue weighted by molar-refractivity contribution is -0.125. The maximum Gasteiger partial charge on any atom is 0.421 e. The van der Waals surface area contributed by atoms with Crippen LogP contribution in [0.25, 0.3) is 0 Å². The standard InChI is InChI=1S/C28H27BrN2O4/c1-27(2,3)35-26(34)31-23-16-22(29)15-14-21(23)18-28(25(31)33,17-19-10-6-4-7-11-19)30-24(32)20-12-8-5-9-13-20/h4-16H,17-18H2,1-3H3,(H,30,32). The molecule has 1 aliphatic heterocycles. The first-order valence-electron chi connectivity index (χ1n) is 11.4. The summed E-state index contributed by atoms with van der Waals surface area (Å²) in [4.78, 5) is 41.9. The van der Waals surface area contributed by atoms with Gasteiger partial charge in [0.15, 0.2) is 0 Å². The summed E-state index contributed by atoms with van der Waals surface area (Å²) >= 11 is 3.44. The van der Waals surface area contributed by atoms with E-state index in [0.717, 1.165) is 20.5 Å². The molecule has 3 aromatic carbocycles. The largest absolute Gasteiger partial charge is 0.443 e. The normalized spacial score (nSPS) is 17.5. The Balaban J connectivity index is 1.84. The molecular formula is C28H27BrN2O4. The lowest BCUT2D eigenvalue weighted by Gasteiger charge is -2.42. The molecule has 1 unspecified atom stereocenters. The molecule has 0 bridgehead atoms. The average Bonchev–Trinajstić information content (AvgIpc) is 2.80. The number of carbonyl (C=O) groups is 3. The number of ether oxygens (including phenoxy) is 1. The number of anilines is 1. The molecule has 1 heterocycles. The molecule has 180 valence electrons. The third-order valence-electron chi connectivity index (χ3n) is 5.71. The van der Waals surface area contributed by atoms with Gasteiger partial charge in [0.2, 0.25) is 0 Å². The number of hydrogen-bond donors (Lipinski definition) is 1. The number of amides is 3. The molecule has 35 heavy (non-hydrogen) atoms. The van der Waals surface area contributed by atoms with Crippen LogP contribution in [0, 0.1) is 0 Å². The molecule has 0 aromatic heterocycles. The molecule has 0 aliphatic carbocycles. The molecule has 3 amide bonds. The SMILES string of the molecule is CC(C)(C)OC(=O)N1C(=O)C(Cc2ccccc2)(NC(=O)c2ccccc2)Cc2ccc(Br)cc21. The first-order chi connectivity index (χ1) is 16.6. The van der Waals surface area contributed by atoms with Crippen molar-refractivity contribution in [3.8, 4) is 0 Å². The van der Waals surface area contributed by atoms with Crippen molar-refractivity contribution in [2.75, 3.05) is 4.90 Å². The van der Waals surface area contributed by atoms with Gasteiger partial charge in [0.05, 0.1) is 5.69 Å². The van der Waals surface area contributed by atoms with Gasteiger partial charge in [0, 0.05) is 22.9 Å². The van der Waals surface area contributed by atoms with Crippen molar-refractivity contribution in [2.24, 2.45) is 0 Å². The number of rotatable bonds is 4. The van der Waals surface area contributed by atoms with Crippen LogP contribution in [0.1, 0.15) is 42.3 Å². The predicted octanol–water partition coefficient (Wildman–Crippen LogP) is 5.68. The van der Waals surface area contributed by atoms with E-state index < -0.39 is 23.1 Å². The van der Waals surface area contributed by atoms with Gasteiger partial charge in [-0.3, -0.25) is 9.59 Å². The molecule has 6 nitrogen and oxygen atoms in total. The number of benzene rings is 3. The van der Waals surface area contributed by atoms with Crippen LogP contribution in [0.5, 0.6) is 0 Å². The molecule has 0 spiro atoms. The van der Waals surface area contributed by atoms with Gasteiger partial charge in [-0.2, -0.15) is 0 Å². The molecule has 1 aliphatic rings. The summed E-state index contributed by atoms with van der Waals surface area (Å²) in [5.41, 5.74) is 0.277. The molecule has 7 heteroatoms. The van der Waals surface area contributed by atoms with Gasteiger partial charge in [-0.25, -0.2) is 9.69 Å². The van der Waals surface area contributed by atoms with Crippen LogP contribution < -0.4 is 10.2 Å². The van der Waals surface area contributed by atoms with Crippen molar-refractivity contribution in [1.29, 1.82) is 0 Å². The smallest absolute Gasteiger partial charge is 0.421 e. The minimum atomic E-state index is -1.40. The van der Waals surface area contributed by atoms with Gasteiger partial charge in [-0.15, -0.1) is 0 Å². The van der Waals surface area contributed by atoms with Crippen LogP contribution in [0.4, 0.5) is 10.5 Å². The minimum Gasteiger partial charge on any atom is -0.443 e. The van der Waals surface area contributed by atoms with Crippen LogP contribution in [0.15, 0.2) is 83.3 Å². The van der Waals surface area contributed by atoms with E-state index in [-0.39, 0.29) is 18.7 Å². The maximum atomic E-state index is 14.2. The fourth-order valence-corrected chi connectivity index (χ4v) is 4.56. The van der Waals surface area contributed by atoms with Crippen molar-refractivity contribution < 1.29 is 19.1 Å². The van der Waals surface area contributed by atoms with Crippen LogP contribution >= 0.6 is 15.9 Å². The molecule has 0 radical (unpaired) electrons. The van der Waals surface area contributed by atoms with Crippen molar-refractivity contribution in [1.82, 2.24) is 5.32 Å². The van der Waals surface area contributed by atoms with Crippen molar-refractivity contribution in [3.05, 3.63) is 100 Å². The lowest BCUT2D eigenvalue weighted by Crippen LogP contribution is -2.66. The van der Waals surface area contributed by atoms with Crippen molar-refractivity contribution in [2.45, 2.75) is 44.8 Å². The summed E-state index contributed by atoms with van der Waals surface area (Å²) in [5.74, 6) is -0.926. The third kappa shape index (κ3) is 5.46. The summed E-state index contributed by atoms with van der Waals surface area (Å²) in [6.45, 7) is 5.24. The second-order valence-electron chi connectivity index (χ2n) is 9.64. The van der Waals surface area contributed by atoms with E-state index in [1.165, 1.54) is 0 Å². The van der Waals surface area contributed by atoms with Gasteiger partial charge in [0.25, 0.3) is 11.8 Å². The van der Waals surface area contributed by atoms with Crippen LogP contribution in [0.3, 0.4) is 0 Å². The first kappa shape index (κ1) is 24.7. The number of hydrogen-bond acceptors (Lipinski definition) is 4. The minimum absolute atomic E-state index is 0.208. The second-order valence-corrected chi connectivity index (χ2v) is 10.6. The Bertz CT molecular complexity index is 1250. The Kier molecular flexibility index (Phi) is 6.81. The van der Waals surface area contributed by atoms with Crippen LogP contribution in [-0.4, -0.2) is 29.0 Å².